The van der Waals surface area contributed by atoms with Gasteiger partial charge < -0.3 is 15.1 Å². The van der Waals surface area contributed by atoms with Crippen LogP contribution < -0.4 is 5.32 Å². The summed E-state index contributed by atoms with van der Waals surface area (Å²) in [6, 6.07) is 0. The van der Waals surface area contributed by atoms with Gasteiger partial charge in [0.1, 0.15) is 0 Å². The van der Waals surface area contributed by atoms with Gasteiger partial charge in [0.2, 0.25) is 5.91 Å². The molecule has 0 unspecified atom stereocenters. The van der Waals surface area contributed by atoms with Gasteiger partial charge in [-0.15, -0.1) is 0 Å². The van der Waals surface area contributed by atoms with Crippen molar-refractivity contribution in [3.63, 3.8) is 0 Å². The van der Waals surface area contributed by atoms with Gasteiger partial charge in [0.25, 0.3) is 0 Å². The van der Waals surface area contributed by atoms with E-state index in [2.05, 4.69) is 34.1 Å². The van der Waals surface area contributed by atoms with E-state index in [-0.39, 0.29) is 5.92 Å². The standard InChI is InChI=1S/C14H28N4O/c1-16(2)6-7-17-8-10-18(11-9-17)14(19)13-4-3-5-15-12-13/h13,15H,3-12H2,1-2H3/t13-/m0/s1. The van der Waals surface area contributed by atoms with Gasteiger partial charge in [0, 0.05) is 45.8 Å². The fourth-order valence-electron chi connectivity index (χ4n) is 2.85. The Morgan fingerprint density at radius 2 is 2.00 bits per heavy atom. The fourth-order valence-corrected chi connectivity index (χ4v) is 2.85. The zero-order valence-electron chi connectivity index (χ0n) is 12.4. The highest BCUT2D eigenvalue weighted by Crippen LogP contribution is 2.14. The van der Waals surface area contributed by atoms with Crippen LogP contribution in [0.4, 0.5) is 0 Å². The van der Waals surface area contributed by atoms with Gasteiger partial charge in [-0.1, -0.05) is 0 Å². The van der Waals surface area contributed by atoms with E-state index < -0.39 is 0 Å². The lowest BCUT2D eigenvalue weighted by molar-refractivity contribution is -0.137. The van der Waals surface area contributed by atoms with Crippen molar-refractivity contribution in [2.75, 3.05) is 66.5 Å². The van der Waals surface area contributed by atoms with Gasteiger partial charge >= 0.3 is 0 Å². The van der Waals surface area contributed by atoms with Crippen LogP contribution in [0.25, 0.3) is 0 Å². The lowest BCUT2D eigenvalue weighted by Crippen LogP contribution is -2.52. The number of rotatable bonds is 4. The molecule has 1 N–H and O–H groups in total. The van der Waals surface area contributed by atoms with Gasteiger partial charge in [0.15, 0.2) is 0 Å². The molecule has 0 saturated carbocycles. The summed E-state index contributed by atoms with van der Waals surface area (Å²) in [5.74, 6) is 0.599. The molecule has 0 radical (unpaired) electrons. The molecule has 5 heteroatoms. The van der Waals surface area contributed by atoms with E-state index in [0.717, 1.165) is 65.2 Å². The monoisotopic (exact) mass is 268 g/mol. The van der Waals surface area contributed by atoms with E-state index >= 15 is 0 Å². The number of carbonyl (C=O) groups excluding carboxylic acids is 1. The van der Waals surface area contributed by atoms with Crippen molar-refractivity contribution in [1.29, 1.82) is 0 Å². The minimum absolute atomic E-state index is 0.224. The molecule has 5 nitrogen and oxygen atoms in total. The minimum Gasteiger partial charge on any atom is -0.340 e. The predicted molar refractivity (Wildman–Crippen MR) is 77.2 cm³/mol. The van der Waals surface area contributed by atoms with Gasteiger partial charge in [-0.2, -0.15) is 0 Å². The lowest BCUT2D eigenvalue weighted by Gasteiger charge is -2.37. The first kappa shape index (κ1) is 14.8. The third kappa shape index (κ3) is 4.44. The summed E-state index contributed by atoms with van der Waals surface area (Å²) in [5.41, 5.74) is 0. The van der Waals surface area contributed by atoms with Crippen LogP contribution in [-0.2, 0) is 4.79 Å². The predicted octanol–water partition coefficient (Wildman–Crippen LogP) is -0.308. The van der Waals surface area contributed by atoms with Crippen LogP contribution in [0.15, 0.2) is 0 Å². The van der Waals surface area contributed by atoms with Crippen LogP contribution in [-0.4, -0.2) is 87.1 Å². The highest BCUT2D eigenvalue weighted by Gasteiger charge is 2.28. The second kappa shape index (κ2) is 7.22. The molecule has 2 aliphatic rings. The van der Waals surface area contributed by atoms with Crippen LogP contribution >= 0.6 is 0 Å². The molecule has 2 saturated heterocycles. The number of piperazine rings is 1. The maximum atomic E-state index is 12.4. The number of carbonyl (C=O) groups is 1. The molecule has 0 aliphatic carbocycles. The van der Waals surface area contributed by atoms with Gasteiger partial charge in [-0.05, 0) is 33.5 Å². The molecule has 2 fully saturated rings. The lowest BCUT2D eigenvalue weighted by atomic mass is 9.98. The average Bonchev–Trinajstić information content (AvgIpc) is 2.46. The maximum Gasteiger partial charge on any atom is 0.227 e. The van der Waals surface area contributed by atoms with Crippen molar-refractivity contribution in [1.82, 2.24) is 20.0 Å². The second-order valence-electron chi connectivity index (χ2n) is 6.01. The first-order valence-corrected chi connectivity index (χ1v) is 7.53. The summed E-state index contributed by atoms with van der Waals surface area (Å²) in [6.45, 7) is 8.02. The topological polar surface area (TPSA) is 38.8 Å². The highest BCUT2D eigenvalue weighted by atomic mass is 16.2. The Labute approximate surface area is 116 Å². The van der Waals surface area contributed by atoms with Gasteiger partial charge in [0.05, 0.1) is 5.92 Å². The van der Waals surface area contributed by atoms with Crippen molar-refractivity contribution < 1.29 is 4.79 Å². The van der Waals surface area contributed by atoms with E-state index in [1.54, 1.807) is 0 Å². The summed E-state index contributed by atoms with van der Waals surface area (Å²) in [4.78, 5) is 19.1. The number of hydrogen-bond donors (Lipinski definition) is 1. The molecule has 0 aromatic carbocycles. The van der Waals surface area contributed by atoms with Crippen molar-refractivity contribution >= 4 is 5.91 Å². The van der Waals surface area contributed by atoms with E-state index in [1.807, 2.05) is 0 Å². The molecule has 0 spiro atoms. The molecular formula is C14H28N4O. The summed E-state index contributed by atoms with van der Waals surface area (Å²) >= 11 is 0. The quantitative estimate of drug-likeness (QED) is 0.759. The molecular weight excluding hydrogens is 240 g/mol. The molecule has 0 aromatic rings. The molecule has 1 atom stereocenters. The SMILES string of the molecule is CN(C)CCN1CCN(C(=O)[C@H]2CCCNC2)CC1. The summed E-state index contributed by atoms with van der Waals surface area (Å²) in [6.07, 6.45) is 2.20. The number of nitrogens with one attached hydrogen (secondary N) is 1. The van der Waals surface area contributed by atoms with Crippen LogP contribution in [0.2, 0.25) is 0 Å². The molecule has 19 heavy (non-hydrogen) atoms. The molecule has 1 amide bonds. The minimum atomic E-state index is 0.224. The first-order chi connectivity index (χ1) is 9.16. The molecule has 110 valence electrons. The third-order valence-electron chi connectivity index (χ3n) is 4.19. The first-order valence-electron chi connectivity index (χ1n) is 7.53. The normalized spacial score (nSPS) is 25.8. The van der Waals surface area contributed by atoms with E-state index in [9.17, 15) is 4.79 Å². The third-order valence-corrected chi connectivity index (χ3v) is 4.19. The van der Waals surface area contributed by atoms with Gasteiger partial charge in [-0.3, -0.25) is 9.69 Å². The number of hydrogen-bond acceptors (Lipinski definition) is 4. The van der Waals surface area contributed by atoms with Crippen LogP contribution in [0, 0.1) is 5.92 Å². The molecule has 2 rings (SSSR count). The van der Waals surface area contributed by atoms with Crippen molar-refractivity contribution in [2.24, 2.45) is 5.92 Å². The number of likely N-dealkylation sites (N-methyl/N-ethyl adjacent to an activating group) is 1. The molecule has 0 aromatic heterocycles. The van der Waals surface area contributed by atoms with Crippen LogP contribution in [0.1, 0.15) is 12.8 Å². The summed E-state index contributed by atoms with van der Waals surface area (Å²) in [7, 11) is 4.21. The fraction of sp³-hybridized carbons (Fsp3) is 0.929. The van der Waals surface area contributed by atoms with Crippen LogP contribution in [0.5, 0.6) is 0 Å². The van der Waals surface area contributed by atoms with E-state index in [1.165, 1.54) is 0 Å². The smallest absolute Gasteiger partial charge is 0.227 e. The average molecular weight is 268 g/mol. The number of piperidine rings is 1. The maximum absolute atomic E-state index is 12.4. The van der Waals surface area contributed by atoms with E-state index in [0.29, 0.717) is 5.91 Å². The Kier molecular flexibility index (Phi) is 5.60. The Bertz CT molecular complexity index is 281. The van der Waals surface area contributed by atoms with Crippen LogP contribution in [0.3, 0.4) is 0 Å². The summed E-state index contributed by atoms with van der Waals surface area (Å²) in [5, 5.41) is 3.33. The number of nitrogens with zero attached hydrogens (tertiary/aromatic N) is 3. The Balaban J connectivity index is 1.71. The zero-order chi connectivity index (χ0) is 13.7. The van der Waals surface area contributed by atoms with Crippen molar-refractivity contribution in [3.8, 4) is 0 Å². The second-order valence-corrected chi connectivity index (χ2v) is 6.01. The highest BCUT2D eigenvalue weighted by molar-refractivity contribution is 5.79. The molecule has 2 heterocycles. The van der Waals surface area contributed by atoms with Crippen molar-refractivity contribution in [3.05, 3.63) is 0 Å². The Morgan fingerprint density at radius 3 is 2.58 bits per heavy atom. The molecule has 0 bridgehead atoms. The Morgan fingerprint density at radius 1 is 1.26 bits per heavy atom. The molecule has 2 aliphatic heterocycles. The zero-order valence-corrected chi connectivity index (χ0v) is 12.4. The van der Waals surface area contributed by atoms with Crippen molar-refractivity contribution in [2.45, 2.75) is 12.8 Å². The van der Waals surface area contributed by atoms with Gasteiger partial charge in [-0.25, -0.2) is 0 Å². The Hall–Kier alpha value is -0.650. The number of amides is 1. The summed E-state index contributed by atoms with van der Waals surface area (Å²) < 4.78 is 0. The van der Waals surface area contributed by atoms with E-state index in [4.69, 9.17) is 0 Å². The largest absolute Gasteiger partial charge is 0.340 e.